The monoisotopic (exact) mass is 406 g/mol. The molecule has 27 heavy (non-hydrogen) atoms. The van der Waals surface area contributed by atoms with Crippen LogP contribution >= 0.6 is 23.2 Å². The molecule has 1 fully saturated rings. The lowest BCUT2D eigenvalue weighted by atomic mass is 10.0. The first-order valence-electron chi connectivity index (χ1n) is 8.62. The van der Waals surface area contributed by atoms with Crippen LogP contribution in [-0.2, 0) is 11.3 Å². The van der Waals surface area contributed by atoms with Crippen molar-refractivity contribution in [1.82, 2.24) is 4.90 Å². The number of nitrogens with zero attached hydrogens (tertiary/aromatic N) is 2. The molecule has 0 spiro atoms. The van der Waals surface area contributed by atoms with Gasteiger partial charge in [0.2, 0.25) is 0 Å². The van der Waals surface area contributed by atoms with Crippen LogP contribution in [0.1, 0.15) is 17.5 Å². The van der Waals surface area contributed by atoms with Crippen LogP contribution in [0, 0.1) is 12.8 Å². The number of aryl methyl sites for hydroxylation is 1. The summed E-state index contributed by atoms with van der Waals surface area (Å²) in [6.45, 7) is 3.02. The fourth-order valence-corrected chi connectivity index (χ4v) is 3.73. The standard InChI is InChI=1S/C20H20Cl2N2O3/c1-13-2-6-17(7-3-13)24-11-14(8-19(25)26)10-23(20(24)27)12-15-4-5-16(21)9-18(15)22/h2-7,9,14H,8,10-12H2,1H3,(H,25,26). The zero-order valence-electron chi connectivity index (χ0n) is 14.9. The Bertz CT molecular complexity index is 855. The molecular formula is C20H20Cl2N2O3. The highest BCUT2D eigenvalue weighted by atomic mass is 35.5. The molecule has 1 atom stereocenters. The Labute approximate surface area is 168 Å². The second-order valence-corrected chi connectivity index (χ2v) is 7.65. The molecule has 1 saturated heterocycles. The van der Waals surface area contributed by atoms with Crippen LogP contribution in [-0.4, -0.2) is 35.1 Å². The van der Waals surface area contributed by atoms with Gasteiger partial charge in [-0.2, -0.15) is 0 Å². The molecule has 0 saturated carbocycles. The Kier molecular flexibility index (Phi) is 5.92. The normalized spacial score (nSPS) is 17.3. The number of hydrogen-bond donors (Lipinski definition) is 1. The summed E-state index contributed by atoms with van der Waals surface area (Å²) in [5, 5.41) is 10.2. The summed E-state index contributed by atoms with van der Waals surface area (Å²) in [5.74, 6) is -1.05. The van der Waals surface area contributed by atoms with Crippen LogP contribution in [0.4, 0.5) is 10.5 Å². The quantitative estimate of drug-likeness (QED) is 0.772. The highest BCUT2D eigenvalue weighted by Crippen LogP contribution is 2.28. The summed E-state index contributed by atoms with van der Waals surface area (Å²) in [7, 11) is 0. The molecule has 5 nitrogen and oxygen atoms in total. The van der Waals surface area contributed by atoms with Crippen molar-refractivity contribution >= 4 is 40.9 Å². The van der Waals surface area contributed by atoms with Gasteiger partial charge >= 0.3 is 12.0 Å². The van der Waals surface area contributed by atoms with Gasteiger partial charge in [-0.25, -0.2) is 4.79 Å². The summed E-state index contributed by atoms with van der Waals surface area (Å²) in [6, 6.07) is 12.6. The maximum atomic E-state index is 13.1. The number of benzene rings is 2. The Morgan fingerprint density at radius 1 is 1.15 bits per heavy atom. The van der Waals surface area contributed by atoms with E-state index in [2.05, 4.69) is 0 Å². The molecular weight excluding hydrogens is 387 g/mol. The Morgan fingerprint density at radius 3 is 2.48 bits per heavy atom. The number of carboxylic acid groups (broad SMARTS) is 1. The number of hydrogen-bond acceptors (Lipinski definition) is 2. The first-order valence-corrected chi connectivity index (χ1v) is 9.38. The maximum Gasteiger partial charge on any atom is 0.324 e. The lowest BCUT2D eigenvalue weighted by Gasteiger charge is -2.40. The van der Waals surface area contributed by atoms with E-state index < -0.39 is 5.97 Å². The van der Waals surface area contributed by atoms with E-state index in [1.54, 1.807) is 28.0 Å². The van der Waals surface area contributed by atoms with Crippen LogP contribution < -0.4 is 4.90 Å². The van der Waals surface area contributed by atoms with Gasteiger partial charge in [0, 0.05) is 41.3 Å². The van der Waals surface area contributed by atoms with Crippen molar-refractivity contribution < 1.29 is 14.7 Å². The van der Waals surface area contributed by atoms with E-state index in [0.29, 0.717) is 29.7 Å². The van der Waals surface area contributed by atoms with E-state index in [9.17, 15) is 14.7 Å². The van der Waals surface area contributed by atoms with E-state index in [1.165, 1.54) is 0 Å². The third kappa shape index (κ3) is 4.73. The minimum atomic E-state index is -0.873. The molecule has 7 heteroatoms. The predicted molar refractivity (Wildman–Crippen MR) is 107 cm³/mol. The molecule has 3 rings (SSSR count). The van der Waals surface area contributed by atoms with Gasteiger partial charge in [0.05, 0.1) is 6.42 Å². The van der Waals surface area contributed by atoms with Crippen LogP contribution in [0.25, 0.3) is 0 Å². The molecule has 1 N–H and O–H groups in total. The SMILES string of the molecule is Cc1ccc(N2CC(CC(=O)O)CN(Cc3ccc(Cl)cc3Cl)C2=O)cc1. The highest BCUT2D eigenvalue weighted by Gasteiger charge is 2.34. The summed E-state index contributed by atoms with van der Waals surface area (Å²) in [6.07, 6.45) is 0.000487. The van der Waals surface area contributed by atoms with Gasteiger partial charge in [0.25, 0.3) is 0 Å². The Hall–Kier alpha value is -2.24. The molecule has 0 radical (unpaired) electrons. The van der Waals surface area contributed by atoms with E-state index in [4.69, 9.17) is 23.2 Å². The maximum absolute atomic E-state index is 13.1. The number of anilines is 1. The van der Waals surface area contributed by atoms with Crippen molar-refractivity contribution in [2.24, 2.45) is 5.92 Å². The van der Waals surface area contributed by atoms with Crippen molar-refractivity contribution in [3.63, 3.8) is 0 Å². The fraction of sp³-hybridized carbons (Fsp3) is 0.300. The van der Waals surface area contributed by atoms with E-state index in [-0.39, 0.29) is 18.4 Å². The topological polar surface area (TPSA) is 60.9 Å². The fourth-order valence-electron chi connectivity index (χ4n) is 3.26. The second kappa shape index (κ2) is 8.19. The smallest absolute Gasteiger partial charge is 0.324 e. The zero-order valence-corrected chi connectivity index (χ0v) is 16.4. The molecule has 0 aromatic heterocycles. The molecule has 0 bridgehead atoms. The van der Waals surface area contributed by atoms with Gasteiger partial charge in [0.1, 0.15) is 0 Å². The number of amides is 2. The summed E-state index contributed by atoms with van der Waals surface area (Å²) in [5.41, 5.74) is 2.62. The van der Waals surface area contributed by atoms with Gasteiger partial charge in [0.15, 0.2) is 0 Å². The van der Waals surface area contributed by atoms with Gasteiger partial charge in [-0.3, -0.25) is 9.69 Å². The molecule has 1 heterocycles. The molecule has 1 aliphatic rings. The minimum absolute atomic E-state index is 0.000487. The highest BCUT2D eigenvalue weighted by molar-refractivity contribution is 6.35. The largest absolute Gasteiger partial charge is 0.481 e. The number of rotatable bonds is 5. The molecule has 2 aromatic carbocycles. The van der Waals surface area contributed by atoms with E-state index in [0.717, 1.165) is 16.8 Å². The number of aliphatic carboxylic acids is 1. The van der Waals surface area contributed by atoms with Crippen molar-refractivity contribution in [2.45, 2.75) is 19.9 Å². The Balaban J connectivity index is 1.87. The molecule has 142 valence electrons. The van der Waals surface area contributed by atoms with Gasteiger partial charge < -0.3 is 10.0 Å². The third-order valence-corrected chi connectivity index (χ3v) is 5.19. The van der Waals surface area contributed by atoms with Crippen molar-refractivity contribution in [1.29, 1.82) is 0 Å². The predicted octanol–water partition coefficient (Wildman–Crippen LogP) is 4.83. The first kappa shape index (κ1) is 19.5. The zero-order chi connectivity index (χ0) is 19.6. The molecule has 2 amide bonds. The van der Waals surface area contributed by atoms with Crippen LogP contribution in [0.5, 0.6) is 0 Å². The lowest BCUT2D eigenvalue weighted by Crippen LogP contribution is -2.53. The average molecular weight is 407 g/mol. The lowest BCUT2D eigenvalue weighted by molar-refractivity contribution is -0.138. The second-order valence-electron chi connectivity index (χ2n) is 6.81. The van der Waals surface area contributed by atoms with Crippen molar-refractivity contribution in [3.05, 3.63) is 63.6 Å². The van der Waals surface area contributed by atoms with Crippen LogP contribution in [0.3, 0.4) is 0 Å². The molecule has 1 unspecified atom stereocenters. The summed E-state index contributed by atoms with van der Waals surface area (Å²) < 4.78 is 0. The molecule has 0 aliphatic carbocycles. The molecule has 2 aromatic rings. The van der Waals surface area contributed by atoms with Gasteiger partial charge in [-0.1, -0.05) is 47.0 Å². The first-order chi connectivity index (χ1) is 12.8. The summed E-state index contributed by atoms with van der Waals surface area (Å²) >= 11 is 12.2. The van der Waals surface area contributed by atoms with Crippen LogP contribution in [0.2, 0.25) is 10.0 Å². The number of carbonyl (C=O) groups is 2. The average Bonchev–Trinajstić information content (AvgIpc) is 2.60. The van der Waals surface area contributed by atoms with E-state index >= 15 is 0 Å². The number of carbonyl (C=O) groups excluding carboxylic acids is 1. The van der Waals surface area contributed by atoms with Crippen LogP contribution in [0.15, 0.2) is 42.5 Å². The van der Waals surface area contributed by atoms with Gasteiger partial charge in [-0.05, 0) is 36.8 Å². The number of urea groups is 1. The summed E-state index contributed by atoms with van der Waals surface area (Å²) in [4.78, 5) is 27.6. The van der Waals surface area contributed by atoms with Gasteiger partial charge in [-0.15, -0.1) is 0 Å². The van der Waals surface area contributed by atoms with Crippen molar-refractivity contribution in [2.75, 3.05) is 18.0 Å². The minimum Gasteiger partial charge on any atom is -0.481 e. The van der Waals surface area contributed by atoms with Crippen molar-refractivity contribution in [3.8, 4) is 0 Å². The van der Waals surface area contributed by atoms with E-state index in [1.807, 2.05) is 31.2 Å². The number of carboxylic acids is 1. The Morgan fingerprint density at radius 2 is 1.85 bits per heavy atom. The molecule has 1 aliphatic heterocycles. The third-order valence-electron chi connectivity index (χ3n) is 4.61. The number of halogens is 2.